The zero-order chi connectivity index (χ0) is 69.1. The summed E-state index contributed by atoms with van der Waals surface area (Å²) in [6.45, 7) is 0. The van der Waals surface area contributed by atoms with Gasteiger partial charge in [-0.15, -0.1) is 179 Å². The smallest absolute Gasteiger partial charge is 0.471 e. The number of rotatable bonds is 18. The Bertz CT molecular complexity index is 4960. The van der Waals surface area contributed by atoms with Gasteiger partial charge in [-0.25, -0.2) is 19.2 Å². The normalized spacial score (nSPS) is 10.7. The average molecular weight is 1700 g/mol. The molecule has 0 amide bonds. The molecule has 0 aliphatic carbocycles. The molecular formula is C88H50Ir2N6O8. The topological polar surface area (TPSA) is 183 Å². The zero-order valence-corrected chi connectivity index (χ0v) is 59.3. The predicted octanol–water partition coefficient (Wildman–Crippen LogP) is 18.4. The molecule has 0 saturated carbocycles. The second-order valence-corrected chi connectivity index (χ2v) is 23.1. The molecule has 0 N–H and O–H groups in total. The number of aromatic nitrogens is 6. The third-order valence-corrected chi connectivity index (χ3v) is 16.5. The minimum absolute atomic E-state index is 0. The molecule has 0 radical (unpaired) electrons. The first-order chi connectivity index (χ1) is 50.1. The van der Waals surface area contributed by atoms with Crippen LogP contribution in [0, 0.1) is 36.4 Å². The fourth-order valence-electron chi connectivity index (χ4n) is 11.4. The molecule has 0 bridgehead atoms. The Balaban J connectivity index is 0.00000481. The summed E-state index contributed by atoms with van der Waals surface area (Å²) in [6, 6.07) is 98.2. The molecule has 0 aliphatic rings. The first-order valence-corrected chi connectivity index (χ1v) is 32.1. The van der Waals surface area contributed by atoms with Crippen LogP contribution in [0.3, 0.4) is 0 Å². The molecule has 16 heteroatoms. The van der Waals surface area contributed by atoms with E-state index in [9.17, 15) is 19.2 Å². The van der Waals surface area contributed by atoms with Crippen molar-refractivity contribution in [2.24, 2.45) is 0 Å². The van der Waals surface area contributed by atoms with Crippen LogP contribution in [0.5, 0.6) is 23.0 Å². The van der Waals surface area contributed by atoms with E-state index in [-0.39, 0.29) is 85.5 Å². The van der Waals surface area contributed by atoms with Gasteiger partial charge in [0, 0.05) is 71.6 Å². The van der Waals surface area contributed by atoms with Crippen molar-refractivity contribution in [3.05, 3.63) is 363 Å². The fraction of sp³-hybridized carbons (Fsp3) is 0. The van der Waals surface area contributed by atoms with E-state index in [1.54, 1.807) is 134 Å². The summed E-state index contributed by atoms with van der Waals surface area (Å²) in [7, 11) is 0. The van der Waals surface area contributed by atoms with Crippen LogP contribution in [0.1, 0.15) is 41.4 Å². The van der Waals surface area contributed by atoms with Gasteiger partial charge in [0.15, 0.2) is 0 Å². The van der Waals surface area contributed by atoms with E-state index in [0.29, 0.717) is 33.6 Å². The Morgan fingerprint density at radius 2 is 0.490 bits per heavy atom. The standard InChI is InChI=1S/C88H50N6O8.2Ir/c95-85(99-71-37-29-59(30-38-71)79-17-5-9-45-89-79)67-49-65(50-68(53-67)86(96)100-72-39-31-60(32-40-72)80-18-6-10-46-90-80)77-15-3-1-13-75(77)57-21-25-63(26-22-57)83-55-94-84(56-93-83)64-27-23-58(24-28-64)76-14-2-4-16-78(76)66-51-69(87(97)101-73-41-33-61(34-42-73)81-19-7-11-47-91-81)54-70(52-66)88(98)102-74-43-35-62(36-44-74)82-20-8-12-48-92-82;;/h1-25,27,29,31,33,35,37-56H;;/q-6;2*+3. The number of benzene rings is 10. The van der Waals surface area contributed by atoms with Crippen molar-refractivity contribution in [3.63, 3.8) is 0 Å². The molecule has 5 heterocycles. The van der Waals surface area contributed by atoms with Crippen molar-refractivity contribution >= 4 is 23.9 Å². The Morgan fingerprint density at radius 1 is 0.240 bits per heavy atom. The second kappa shape index (κ2) is 32.1. The van der Waals surface area contributed by atoms with Crippen LogP contribution in [0.2, 0.25) is 0 Å². The Labute approximate surface area is 625 Å². The van der Waals surface area contributed by atoms with Crippen LogP contribution in [-0.2, 0) is 40.2 Å². The minimum atomic E-state index is -0.699. The van der Waals surface area contributed by atoms with E-state index < -0.39 is 23.9 Å². The number of hydrogen-bond donors (Lipinski definition) is 0. The van der Waals surface area contributed by atoms with Gasteiger partial charge in [-0.1, -0.05) is 119 Å². The van der Waals surface area contributed by atoms with Gasteiger partial charge >= 0.3 is 64.1 Å². The van der Waals surface area contributed by atoms with Gasteiger partial charge in [-0.3, -0.25) is 0 Å². The van der Waals surface area contributed by atoms with Crippen molar-refractivity contribution < 1.29 is 78.3 Å². The fourth-order valence-corrected chi connectivity index (χ4v) is 11.4. The number of nitrogens with zero attached hydrogens (tertiary/aromatic N) is 6. The largest absolute Gasteiger partial charge is 3.00 e. The number of carbonyl (C=O) groups excluding carboxylic acids is 4. The van der Waals surface area contributed by atoms with E-state index in [1.165, 1.54) is 12.1 Å². The van der Waals surface area contributed by atoms with Crippen LogP contribution in [0.25, 0.3) is 112 Å². The first-order valence-electron chi connectivity index (χ1n) is 32.1. The molecule has 498 valence electrons. The molecule has 15 rings (SSSR count). The molecule has 14 nitrogen and oxygen atoms in total. The molecule has 0 saturated heterocycles. The van der Waals surface area contributed by atoms with Gasteiger partial charge in [0.2, 0.25) is 0 Å². The Morgan fingerprint density at radius 3 is 0.721 bits per heavy atom. The number of pyridine rings is 4. The van der Waals surface area contributed by atoms with Crippen molar-refractivity contribution in [1.29, 1.82) is 0 Å². The molecule has 0 fully saturated rings. The van der Waals surface area contributed by atoms with E-state index >= 15 is 0 Å². The molecule has 104 heavy (non-hydrogen) atoms. The van der Waals surface area contributed by atoms with Gasteiger partial charge in [0.05, 0.1) is 22.3 Å². The quantitative estimate of drug-likeness (QED) is 0.0449. The Hall–Kier alpha value is -12.9. The second-order valence-electron chi connectivity index (χ2n) is 23.1. The number of ether oxygens (including phenoxy) is 4. The third-order valence-electron chi connectivity index (χ3n) is 16.5. The maximum Gasteiger partial charge on any atom is 3.00 e. The zero-order valence-electron chi connectivity index (χ0n) is 54.5. The molecule has 15 aromatic rings. The van der Waals surface area contributed by atoms with Crippen LogP contribution in [0.4, 0.5) is 0 Å². The average Bonchev–Trinajstić information content (AvgIpc) is 0.791. The van der Waals surface area contributed by atoms with E-state index in [2.05, 4.69) is 56.3 Å². The van der Waals surface area contributed by atoms with Crippen LogP contribution < -0.4 is 18.9 Å². The summed E-state index contributed by atoms with van der Waals surface area (Å²) >= 11 is 0. The molecule has 0 spiro atoms. The SMILES string of the molecule is O=C(Oc1c[c-]c(-c2ccccn2)cc1)c1cc(C(=O)Oc2c[c-]c(-c3ccccn3)cc2)cc(-c2ccccc2-c2c[c-]c(-c3cnc(-c4[c-]cc(-c5ccccc5-c5cc(C(=O)Oc6c[c-]c(-c7ccccn7)cc6)cc(C(=O)Oc6c[c-]c(-c7ccccn7)cc6)c5)cc4)cn3)cc2)c1.[Ir+3].[Ir+3]. The molecule has 5 aromatic heterocycles. The van der Waals surface area contributed by atoms with Gasteiger partial charge in [-0.2, -0.15) is 0 Å². The van der Waals surface area contributed by atoms with Crippen molar-refractivity contribution in [3.8, 4) is 135 Å². The van der Waals surface area contributed by atoms with Crippen LogP contribution in [0.15, 0.2) is 304 Å². The van der Waals surface area contributed by atoms with Gasteiger partial charge < -0.3 is 48.9 Å². The first kappa shape index (κ1) is 69.5. The summed E-state index contributed by atoms with van der Waals surface area (Å²) in [5.41, 5.74) is 14.5. The van der Waals surface area contributed by atoms with E-state index in [1.807, 2.05) is 158 Å². The van der Waals surface area contributed by atoms with Gasteiger partial charge in [0.25, 0.3) is 0 Å². The van der Waals surface area contributed by atoms with Crippen LogP contribution in [-0.4, -0.2) is 53.8 Å². The van der Waals surface area contributed by atoms with E-state index in [4.69, 9.17) is 28.9 Å². The summed E-state index contributed by atoms with van der Waals surface area (Å²) in [5.74, 6) is -1.79. The monoisotopic (exact) mass is 1700 g/mol. The summed E-state index contributed by atoms with van der Waals surface area (Å²) in [4.78, 5) is 83.8. The van der Waals surface area contributed by atoms with Crippen molar-refractivity contribution in [1.82, 2.24) is 29.9 Å². The summed E-state index contributed by atoms with van der Waals surface area (Å²) < 4.78 is 23.6. The molecule has 0 aliphatic heterocycles. The van der Waals surface area contributed by atoms with Gasteiger partial charge in [0.1, 0.15) is 0 Å². The minimum Gasteiger partial charge on any atom is -0.471 e. The number of hydrogen-bond acceptors (Lipinski definition) is 14. The predicted molar refractivity (Wildman–Crippen MR) is 386 cm³/mol. The van der Waals surface area contributed by atoms with Crippen molar-refractivity contribution in [2.75, 3.05) is 0 Å². The van der Waals surface area contributed by atoms with E-state index in [0.717, 1.165) is 78.4 Å². The summed E-state index contributed by atoms with van der Waals surface area (Å²) in [5, 5.41) is 0. The van der Waals surface area contributed by atoms with Crippen LogP contribution >= 0.6 is 0 Å². The third kappa shape index (κ3) is 16.1. The maximum absolute atomic E-state index is 14.1. The van der Waals surface area contributed by atoms with Gasteiger partial charge in [-0.05, 0) is 106 Å². The Kier molecular flexibility index (Phi) is 21.5. The summed E-state index contributed by atoms with van der Waals surface area (Å²) in [6.07, 6.45) is 10.1. The molecule has 0 unspecified atom stereocenters. The maximum atomic E-state index is 14.1. The van der Waals surface area contributed by atoms with Crippen molar-refractivity contribution in [2.45, 2.75) is 0 Å². The number of esters is 4. The molecule has 0 atom stereocenters. The molecular weight excluding hydrogens is 1650 g/mol. The number of carbonyl (C=O) groups is 4. The molecule has 10 aromatic carbocycles.